The number of aromatic amines is 2. The molecule has 0 aliphatic heterocycles. The van der Waals surface area contributed by atoms with Crippen LogP contribution in [0.2, 0.25) is 0 Å². The lowest BCUT2D eigenvalue weighted by Crippen LogP contribution is -2.10. The summed E-state index contributed by atoms with van der Waals surface area (Å²) in [6.07, 6.45) is 0. The Balaban J connectivity index is 2.35. The Hall–Kier alpha value is -1.75. The van der Waals surface area contributed by atoms with Crippen LogP contribution >= 0.6 is 0 Å². The molecule has 0 saturated carbocycles. The number of imidazole rings is 1. The number of hydrogen-bond donors (Lipinski definition) is 3. The fourth-order valence-corrected chi connectivity index (χ4v) is 1.28. The van der Waals surface area contributed by atoms with Gasteiger partial charge in [0.05, 0.1) is 11.0 Å². The van der Waals surface area contributed by atoms with Gasteiger partial charge < -0.3 is 20.4 Å². The number of H-pyrrole nitrogens is 2. The van der Waals surface area contributed by atoms with Crippen LogP contribution in [0.1, 0.15) is 0 Å². The molecule has 0 aliphatic carbocycles. The predicted molar refractivity (Wildman–Crippen MR) is 53.5 cm³/mol. The zero-order valence-electron chi connectivity index (χ0n) is 7.54. The fraction of sp³-hybridized carbons (Fsp3) is 0.222. The molecular weight excluding hydrogens is 182 g/mol. The minimum absolute atomic E-state index is 0.212. The molecule has 0 spiro atoms. The van der Waals surface area contributed by atoms with E-state index in [1.807, 2.05) is 0 Å². The average molecular weight is 193 g/mol. The number of fused-ring (bicyclic) bond motifs is 1. The van der Waals surface area contributed by atoms with Crippen LogP contribution in [0.15, 0.2) is 23.0 Å². The Morgan fingerprint density at radius 2 is 2.07 bits per heavy atom. The quantitative estimate of drug-likeness (QED) is 0.650. The van der Waals surface area contributed by atoms with Gasteiger partial charge in [0.1, 0.15) is 12.4 Å². The molecule has 0 bridgehead atoms. The molecule has 4 N–H and O–H groups in total. The maximum absolute atomic E-state index is 10.9. The Kier molecular flexibility index (Phi) is 2.24. The maximum Gasteiger partial charge on any atom is 0.323 e. The largest absolute Gasteiger partial charge is 0.492 e. The Labute approximate surface area is 79.9 Å². The van der Waals surface area contributed by atoms with Gasteiger partial charge in [-0.1, -0.05) is 0 Å². The van der Waals surface area contributed by atoms with Crippen LogP contribution in [0, 0.1) is 0 Å². The molecule has 0 fully saturated rings. The van der Waals surface area contributed by atoms with E-state index >= 15 is 0 Å². The first kappa shape index (κ1) is 8.83. The molecule has 2 rings (SSSR count). The van der Waals surface area contributed by atoms with Crippen LogP contribution in [-0.4, -0.2) is 23.1 Å². The summed E-state index contributed by atoms with van der Waals surface area (Å²) in [7, 11) is 0. The molecular formula is C9H11N3O2. The zero-order valence-corrected chi connectivity index (χ0v) is 7.54. The van der Waals surface area contributed by atoms with Crippen molar-refractivity contribution in [1.29, 1.82) is 0 Å². The van der Waals surface area contributed by atoms with Gasteiger partial charge in [-0.25, -0.2) is 4.79 Å². The van der Waals surface area contributed by atoms with Crippen molar-refractivity contribution >= 4 is 11.0 Å². The molecule has 0 radical (unpaired) electrons. The van der Waals surface area contributed by atoms with E-state index < -0.39 is 0 Å². The molecule has 0 aliphatic rings. The van der Waals surface area contributed by atoms with Crippen molar-refractivity contribution < 1.29 is 4.74 Å². The van der Waals surface area contributed by atoms with Gasteiger partial charge in [0.2, 0.25) is 0 Å². The molecule has 1 aromatic carbocycles. The number of nitrogens with one attached hydrogen (secondary N) is 2. The second-order valence-corrected chi connectivity index (χ2v) is 2.92. The van der Waals surface area contributed by atoms with Crippen molar-refractivity contribution in [1.82, 2.24) is 9.97 Å². The summed E-state index contributed by atoms with van der Waals surface area (Å²) in [5, 5.41) is 0. The second-order valence-electron chi connectivity index (χ2n) is 2.92. The summed E-state index contributed by atoms with van der Waals surface area (Å²) in [4.78, 5) is 16.2. The highest BCUT2D eigenvalue weighted by Gasteiger charge is 1.99. The van der Waals surface area contributed by atoms with Crippen molar-refractivity contribution in [2.45, 2.75) is 0 Å². The first-order valence-electron chi connectivity index (χ1n) is 4.34. The van der Waals surface area contributed by atoms with E-state index in [-0.39, 0.29) is 5.69 Å². The third kappa shape index (κ3) is 1.62. The van der Waals surface area contributed by atoms with E-state index in [0.29, 0.717) is 18.9 Å². The third-order valence-electron chi connectivity index (χ3n) is 1.87. The summed E-state index contributed by atoms with van der Waals surface area (Å²) < 4.78 is 5.31. The van der Waals surface area contributed by atoms with Gasteiger partial charge in [-0.05, 0) is 12.1 Å². The van der Waals surface area contributed by atoms with Gasteiger partial charge in [0, 0.05) is 12.6 Å². The average Bonchev–Trinajstić information content (AvgIpc) is 2.54. The van der Waals surface area contributed by atoms with Crippen LogP contribution in [0.3, 0.4) is 0 Å². The lowest BCUT2D eigenvalue weighted by molar-refractivity contribution is 0.328. The number of nitrogens with two attached hydrogens (primary N) is 1. The standard InChI is InChI=1S/C9H11N3O2/c10-3-4-14-6-1-2-7-8(5-6)12-9(13)11-7/h1-2,5H,3-4,10H2,(H2,11,12,13). The van der Waals surface area contributed by atoms with Crippen molar-refractivity contribution in [3.8, 4) is 5.75 Å². The molecule has 0 unspecified atom stereocenters. The van der Waals surface area contributed by atoms with E-state index in [4.69, 9.17) is 10.5 Å². The smallest absolute Gasteiger partial charge is 0.323 e. The highest BCUT2D eigenvalue weighted by Crippen LogP contribution is 2.16. The normalized spacial score (nSPS) is 10.6. The minimum atomic E-state index is -0.212. The van der Waals surface area contributed by atoms with Gasteiger partial charge in [-0.15, -0.1) is 0 Å². The number of aromatic nitrogens is 2. The van der Waals surface area contributed by atoms with E-state index in [0.717, 1.165) is 11.0 Å². The fourth-order valence-electron chi connectivity index (χ4n) is 1.28. The SMILES string of the molecule is NCCOc1ccc2[nH]c(=O)[nH]c2c1. The molecule has 5 heteroatoms. The third-order valence-corrected chi connectivity index (χ3v) is 1.87. The molecule has 1 aromatic heterocycles. The first-order chi connectivity index (χ1) is 6.79. The monoisotopic (exact) mass is 193 g/mol. The van der Waals surface area contributed by atoms with Gasteiger partial charge in [0.25, 0.3) is 0 Å². The van der Waals surface area contributed by atoms with Crippen molar-refractivity contribution in [2.75, 3.05) is 13.2 Å². The molecule has 1 heterocycles. The molecule has 14 heavy (non-hydrogen) atoms. The highest BCUT2D eigenvalue weighted by molar-refractivity contribution is 5.75. The minimum Gasteiger partial charge on any atom is -0.492 e. The summed E-state index contributed by atoms with van der Waals surface area (Å²) >= 11 is 0. The van der Waals surface area contributed by atoms with Gasteiger partial charge in [-0.3, -0.25) is 0 Å². The predicted octanol–water partition coefficient (Wildman–Crippen LogP) is 0.194. The molecule has 2 aromatic rings. The molecule has 5 nitrogen and oxygen atoms in total. The highest BCUT2D eigenvalue weighted by atomic mass is 16.5. The van der Waals surface area contributed by atoms with Crippen molar-refractivity contribution in [3.05, 3.63) is 28.7 Å². The van der Waals surface area contributed by atoms with Crippen LogP contribution in [0.5, 0.6) is 5.75 Å². The molecule has 0 saturated heterocycles. The Bertz CT molecular complexity index is 486. The molecule has 0 amide bonds. The lowest BCUT2D eigenvalue weighted by atomic mass is 10.3. The second kappa shape index (κ2) is 3.55. The summed E-state index contributed by atoms with van der Waals surface area (Å²) in [5.41, 5.74) is 6.61. The lowest BCUT2D eigenvalue weighted by Gasteiger charge is -2.03. The van der Waals surface area contributed by atoms with E-state index in [1.54, 1.807) is 18.2 Å². The number of ether oxygens (including phenoxy) is 1. The van der Waals surface area contributed by atoms with Crippen LogP contribution in [0.25, 0.3) is 11.0 Å². The first-order valence-corrected chi connectivity index (χ1v) is 4.34. The molecule has 74 valence electrons. The van der Waals surface area contributed by atoms with Crippen LogP contribution in [0.4, 0.5) is 0 Å². The van der Waals surface area contributed by atoms with Gasteiger partial charge >= 0.3 is 5.69 Å². The number of rotatable bonds is 3. The number of hydrogen-bond acceptors (Lipinski definition) is 3. The van der Waals surface area contributed by atoms with Crippen molar-refractivity contribution in [2.24, 2.45) is 5.73 Å². The Morgan fingerprint density at radius 1 is 1.29 bits per heavy atom. The van der Waals surface area contributed by atoms with E-state index in [1.165, 1.54) is 0 Å². The zero-order chi connectivity index (χ0) is 9.97. The number of benzene rings is 1. The van der Waals surface area contributed by atoms with Crippen molar-refractivity contribution in [3.63, 3.8) is 0 Å². The summed E-state index contributed by atoms with van der Waals surface area (Å²) in [6.45, 7) is 0.946. The van der Waals surface area contributed by atoms with E-state index in [2.05, 4.69) is 9.97 Å². The van der Waals surface area contributed by atoms with Crippen LogP contribution < -0.4 is 16.2 Å². The van der Waals surface area contributed by atoms with Gasteiger partial charge in [-0.2, -0.15) is 0 Å². The topological polar surface area (TPSA) is 83.9 Å². The maximum atomic E-state index is 10.9. The molecule has 0 atom stereocenters. The summed E-state index contributed by atoms with van der Waals surface area (Å²) in [6, 6.07) is 5.35. The summed E-state index contributed by atoms with van der Waals surface area (Å²) in [5.74, 6) is 0.707. The Morgan fingerprint density at radius 3 is 2.86 bits per heavy atom. The van der Waals surface area contributed by atoms with E-state index in [9.17, 15) is 4.79 Å². The van der Waals surface area contributed by atoms with Crippen LogP contribution in [-0.2, 0) is 0 Å². The van der Waals surface area contributed by atoms with Gasteiger partial charge in [0.15, 0.2) is 0 Å².